The molecule has 0 aromatic carbocycles. The van der Waals surface area contributed by atoms with Crippen LogP contribution in [0.2, 0.25) is 0 Å². The molecule has 152 valence electrons. The molecule has 2 bridgehead atoms. The standard InChI is InChI=1S/C19H28N4O2.2ClH/c24-19(11-15-9-16-2-3-17(10-15)22-16)21-13-14-1-4-18(20-12-14)23-5-7-25-8-6-23;;/h1,4,12,15-17,22H,2-3,5-11,13H2,(H,21,24);2*1H. The number of pyridine rings is 1. The van der Waals surface area contributed by atoms with Gasteiger partial charge in [-0.25, -0.2) is 4.98 Å². The number of nitrogens with zero attached hydrogens (tertiary/aromatic N) is 2. The van der Waals surface area contributed by atoms with Gasteiger partial charge in [-0.15, -0.1) is 24.8 Å². The number of hydrogen-bond donors (Lipinski definition) is 2. The van der Waals surface area contributed by atoms with Crippen molar-refractivity contribution >= 4 is 36.5 Å². The van der Waals surface area contributed by atoms with E-state index in [9.17, 15) is 4.79 Å². The van der Waals surface area contributed by atoms with Gasteiger partial charge >= 0.3 is 0 Å². The summed E-state index contributed by atoms with van der Waals surface area (Å²) >= 11 is 0. The van der Waals surface area contributed by atoms with E-state index in [1.54, 1.807) is 0 Å². The van der Waals surface area contributed by atoms with Crippen molar-refractivity contribution in [1.29, 1.82) is 0 Å². The molecule has 4 rings (SSSR count). The van der Waals surface area contributed by atoms with Crippen molar-refractivity contribution in [3.05, 3.63) is 23.9 Å². The van der Waals surface area contributed by atoms with E-state index in [0.717, 1.165) is 50.5 Å². The van der Waals surface area contributed by atoms with Gasteiger partial charge in [0, 0.05) is 44.3 Å². The van der Waals surface area contributed by atoms with E-state index in [4.69, 9.17) is 4.74 Å². The number of nitrogens with one attached hydrogen (secondary N) is 2. The minimum Gasteiger partial charge on any atom is -0.378 e. The maximum Gasteiger partial charge on any atom is 0.220 e. The van der Waals surface area contributed by atoms with Crippen LogP contribution in [0.25, 0.3) is 0 Å². The van der Waals surface area contributed by atoms with E-state index in [1.165, 1.54) is 12.8 Å². The van der Waals surface area contributed by atoms with Crippen LogP contribution in [0.5, 0.6) is 0 Å². The van der Waals surface area contributed by atoms with Crippen LogP contribution in [0.1, 0.15) is 37.7 Å². The van der Waals surface area contributed by atoms with E-state index >= 15 is 0 Å². The fraction of sp³-hybridized carbons (Fsp3) is 0.684. The number of morpholine rings is 1. The summed E-state index contributed by atoms with van der Waals surface area (Å²) in [5, 5.41) is 6.69. The first-order chi connectivity index (χ1) is 12.3. The summed E-state index contributed by atoms with van der Waals surface area (Å²) in [6.07, 6.45) is 7.40. The first kappa shape index (κ1) is 22.2. The Kier molecular flexibility index (Phi) is 8.61. The molecule has 0 aliphatic carbocycles. The molecule has 0 spiro atoms. The molecular formula is C19H30Cl2N4O2. The third-order valence-corrected chi connectivity index (χ3v) is 5.68. The molecule has 2 unspecified atom stereocenters. The summed E-state index contributed by atoms with van der Waals surface area (Å²) in [6.45, 7) is 3.87. The van der Waals surface area contributed by atoms with Crippen LogP contribution in [0.4, 0.5) is 5.82 Å². The highest BCUT2D eigenvalue weighted by Crippen LogP contribution is 2.32. The van der Waals surface area contributed by atoms with Crippen molar-refractivity contribution in [2.45, 2.75) is 50.7 Å². The van der Waals surface area contributed by atoms with E-state index < -0.39 is 0 Å². The van der Waals surface area contributed by atoms with Crippen LogP contribution >= 0.6 is 24.8 Å². The maximum absolute atomic E-state index is 12.3. The van der Waals surface area contributed by atoms with E-state index in [1.807, 2.05) is 12.3 Å². The molecule has 8 heteroatoms. The number of amides is 1. The zero-order valence-electron chi connectivity index (χ0n) is 15.6. The molecule has 0 radical (unpaired) electrons. The lowest BCUT2D eigenvalue weighted by Gasteiger charge is -2.28. The number of carbonyl (C=O) groups is 1. The first-order valence-corrected chi connectivity index (χ1v) is 9.56. The number of ether oxygens (including phenoxy) is 1. The fourth-order valence-electron chi connectivity index (χ4n) is 4.38. The smallest absolute Gasteiger partial charge is 0.220 e. The molecular weight excluding hydrogens is 387 g/mol. The monoisotopic (exact) mass is 416 g/mol. The molecule has 0 saturated carbocycles. The van der Waals surface area contributed by atoms with Crippen molar-refractivity contribution in [2.24, 2.45) is 5.92 Å². The van der Waals surface area contributed by atoms with E-state index in [-0.39, 0.29) is 30.7 Å². The fourth-order valence-corrected chi connectivity index (χ4v) is 4.38. The van der Waals surface area contributed by atoms with Crippen molar-refractivity contribution in [3.63, 3.8) is 0 Å². The molecule has 2 N–H and O–H groups in total. The Morgan fingerprint density at radius 2 is 1.89 bits per heavy atom. The second kappa shape index (κ2) is 10.5. The van der Waals surface area contributed by atoms with Gasteiger partial charge in [0.25, 0.3) is 0 Å². The largest absolute Gasteiger partial charge is 0.378 e. The lowest BCUT2D eigenvalue weighted by Crippen LogP contribution is -2.39. The molecule has 1 amide bonds. The highest BCUT2D eigenvalue weighted by molar-refractivity contribution is 5.85. The Labute approximate surface area is 173 Å². The van der Waals surface area contributed by atoms with Crippen molar-refractivity contribution < 1.29 is 9.53 Å². The lowest BCUT2D eigenvalue weighted by atomic mass is 9.89. The Morgan fingerprint density at radius 1 is 1.19 bits per heavy atom. The number of piperidine rings is 1. The second-order valence-electron chi connectivity index (χ2n) is 7.58. The Balaban J connectivity index is 0.00000131. The summed E-state index contributed by atoms with van der Waals surface area (Å²) in [7, 11) is 0. The summed E-state index contributed by atoms with van der Waals surface area (Å²) in [5.41, 5.74) is 1.05. The average Bonchev–Trinajstić information content (AvgIpc) is 2.99. The highest BCUT2D eigenvalue weighted by Gasteiger charge is 2.34. The molecule has 1 aromatic heterocycles. The van der Waals surface area contributed by atoms with Crippen molar-refractivity contribution in [2.75, 3.05) is 31.2 Å². The lowest BCUT2D eigenvalue weighted by molar-refractivity contribution is -0.122. The van der Waals surface area contributed by atoms with Gasteiger partial charge in [0.15, 0.2) is 0 Å². The quantitative estimate of drug-likeness (QED) is 0.770. The van der Waals surface area contributed by atoms with Gasteiger partial charge in [0.2, 0.25) is 5.91 Å². The summed E-state index contributed by atoms with van der Waals surface area (Å²) in [6, 6.07) is 5.39. The highest BCUT2D eigenvalue weighted by atomic mass is 35.5. The van der Waals surface area contributed by atoms with Gasteiger partial charge in [-0.1, -0.05) is 6.07 Å². The van der Waals surface area contributed by atoms with Crippen LogP contribution in [0, 0.1) is 5.92 Å². The Bertz CT molecular complexity index is 584. The summed E-state index contributed by atoms with van der Waals surface area (Å²) < 4.78 is 5.37. The molecule has 27 heavy (non-hydrogen) atoms. The third kappa shape index (κ3) is 5.95. The summed E-state index contributed by atoms with van der Waals surface area (Å²) in [5.74, 6) is 1.70. The van der Waals surface area contributed by atoms with E-state index in [2.05, 4.69) is 26.6 Å². The minimum absolute atomic E-state index is 0. The molecule has 4 heterocycles. The number of halogens is 2. The van der Waals surface area contributed by atoms with Crippen LogP contribution < -0.4 is 15.5 Å². The molecule has 3 saturated heterocycles. The number of anilines is 1. The third-order valence-electron chi connectivity index (χ3n) is 5.68. The number of carbonyl (C=O) groups excluding carboxylic acids is 1. The zero-order valence-corrected chi connectivity index (χ0v) is 17.2. The molecule has 3 aliphatic rings. The second-order valence-corrected chi connectivity index (χ2v) is 7.58. The van der Waals surface area contributed by atoms with Gasteiger partial charge in [0.1, 0.15) is 5.82 Å². The van der Waals surface area contributed by atoms with Gasteiger partial charge in [0.05, 0.1) is 13.2 Å². The van der Waals surface area contributed by atoms with Crippen molar-refractivity contribution in [1.82, 2.24) is 15.6 Å². The molecule has 6 nitrogen and oxygen atoms in total. The van der Waals surface area contributed by atoms with Crippen LogP contribution in [0.3, 0.4) is 0 Å². The van der Waals surface area contributed by atoms with Gasteiger partial charge in [-0.2, -0.15) is 0 Å². The van der Waals surface area contributed by atoms with Gasteiger partial charge < -0.3 is 20.3 Å². The average molecular weight is 417 g/mol. The zero-order chi connectivity index (χ0) is 17.1. The maximum atomic E-state index is 12.3. The number of rotatable bonds is 5. The number of fused-ring (bicyclic) bond motifs is 2. The van der Waals surface area contributed by atoms with Gasteiger partial charge in [-0.05, 0) is 43.2 Å². The summed E-state index contributed by atoms with van der Waals surface area (Å²) in [4.78, 5) is 19.0. The molecule has 2 atom stereocenters. The van der Waals surface area contributed by atoms with Crippen LogP contribution in [-0.4, -0.2) is 49.3 Å². The van der Waals surface area contributed by atoms with Crippen LogP contribution in [-0.2, 0) is 16.1 Å². The van der Waals surface area contributed by atoms with Crippen LogP contribution in [0.15, 0.2) is 18.3 Å². The molecule has 3 fully saturated rings. The topological polar surface area (TPSA) is 66.5 Å². The number of hydrogen-bond acceptors (Lipinski definition) is 5. The SMILES string of the molecule is Cl.Cl.O=C(CC1CC2CCC(C1)N2)NCc1ccc(N2CCOCC2)nc1. The normalized spacial score (nSPS) is 26.7. The Morgan fingerprint density at radius 3 is 2.52 bits per heavy atom. The molecule has 3 aliphatic heterocycles. The first-order valence-electron chi connectivity index (χ1n) is 9.56. The predicted octanol–water partition coefficient (Wildman–Crippen LogP) is 2.30. The predicted molar refractivity (Wildman–Crippen MR) is 111 cm³/mol. The van der Waals surface area contributed by atoms with E-state index in [0.29, 0.717) is 31.0 Å². The Hall–Kier alpha value is -1.08. The minimum atomic E-state index is 0. The number of aromatic nitrogens is 1. The van der Waals surface area contributed by atoms with Crippen molar-refractivity contribution in [3.8, 4) is 0 Å². The van der Waals surface area contributed by atoms with Gasteiger partial charge in [-0.3, -0.25) is 4.79 Å². The molecule has 1 aromatic rings.